The average Bonchev–Trinajstić information content (AvgIpc) is 2.46. The van der Waals surface area contributed by atoms with Gasteiger partial charge in [-0.3, -0.25) is 4.79 Å². The summed E-state index contributed by atoms with van der Waals surface area (Å²) in [4.78, 5) is 11.7. The van der Waals surface area contributed by atoms with Gasteiger partial charge in [0.25, 0.3) is 0 Å². The molecule has 0 heterocycles. The van der Waals surface area contributed by atoms with Crippen LogP contribution >= 0.6 is 11.6 Å². The predicted octanol–water partition coefficient (Wildman–Crippen LogP) is 3.93. The van der Waals surface area contributed by atoms with E-state index in [-0.39, 0.29) is 5.82 Å². The molecule has 2 aromatic rings. The molecule has 0 amide bonds. The standard InChI is InChI=1S/C16H14ClFO2/c1-20-15-5-3-2-4-13(15)14(16(17)19)10-11-6-8-12(18)9-7-11/h2-9,14H,10H2,1H3/t14-/m1/s1. The van der Waals surface area contributed by atoms with Crippen LogP contribution in [0.3, 0.4) is 0 Å². The van der Waals surface area contributed by atoms with Crippen LogP contribution in [-0.4, -0.2) is 12.4 Å². The van der Waals surface area contributed by atoms with Crippen molar-refractivity contribution in [3.8, 4) is 5.75 Å². The summed E-state index contributed by atoms with van der Waals surface area (Å²) in [5.41, 5.74) is 1.58. The Morgan fingerprint density at radius 2 is 1.85 bits per heavy atom. The molecule has 0 saturated carbocycles. The second-order valence-electron chi connectivity index (χ2n) is 4.43. The Morgan fingerprint density at radius 1 is 1.20 bits per heavy atom. The number of carbonyl (C=O) groups excluding carboxylic acids is 1. The van der Waals surface area contributed by atoms with Crippen LogP contribution < -0.4 is 4.74 Å². The zero-order valence-electron chi connectivity index (χ0n) is 11.0. The van der Waals surface area contributed by atoms with E-state index >= 15 is 0 Å². The third kappa shape index (κ3) is 3.36. The fourth-order valence-electron chi connectivity index (χ4n) is 2.12. The highest BCUT2D eigenvalue weighted by atomic mass is 35.5. The van der Waals surface area contributed by atoms with Gasteiger partial charge in [0.1, 0.15) is 11.6 Å². The van der Waals surface area contributed by atoms with Gasteiger partial charge in [0.05, 0.1) is 13.0 Å². The minimum atomic E-state index is -0.515. The smallest absolute Gasteiger partial charge is 0.229 e. The van der Waals surface area contributed by atoms with Crippen molar-refractivity contribution in [3.63, 3.8) is 0 Å². The van der Waals surface area contributed by atoms with Gasteiger partial charge >= 0.3 is 0 Å². The molecule has 0 aliphatic carbocycles. The Kier molecular flexibility index (Phi) is 4.74. The molecule has 0 fully saturated rings. The number of hydrogen-bond donors (Lipinski definition) is 0. The number of carbonyl (C=O) groups is 1. The van der Waals surface area contributed by atoms with Crippen molar-refractivity contribution in [3.05, 3.63) is 65.5 Å². The van der Waals surface area contributed by atoms with Crippen LogP contribution in [-0.2, 0) is 11.2 Å². The summed E-state index contributed by atoms with van der Waals surface area (Å²) in [7, 11) is 1.55. The number of ether oxygens (including phenoxy) is 1. The molecule has 0 spiro atoms. The van der Waals surface area contributed by atoms with Crippen LogP contribution in [0, 0.1) is 5.82 Å². The number of halogens is 2. The summed E-state index contributed by atoms with van der Waals surface area (Å²) in [5.74, 6) is -0.202. The molecule has 0 aromatic heterocycles. The first-order chi connectivity index (χ1) is 9.61. The van der Waals surface area contributed by atoms with E-state index in [1.165, 1.54) is 12.1 Å². The Balaban J connectivity index is 2.32. The van der Waals surface area contributed by atoms with E-state index in [4.69, 9.17) is 16.3 Å². The van der Waals surface area contributed by atoms with Crippen LogP contribution in [0.4, 0.5) is 4.39 Å². The van der Waals surface area contributed by atoms with Crippen LogP contribution in [0.2, 0.25) is 0 Å². The number of hydrogen-bond acceptors (Lipinski definition) is 2. The zero-order valence-corrected chi connectivity index (χ0v) is 11.7. The van der Waals surface area contributed by atoms with Crippen LogP contribution in [0.25, 0.3) is 0 Å². The van der Waals surface area contributed by atoms with Crippen molar-refractivity contribution in [1.82, 2.24) is 0 Å². The maximum Gasteiger partial charge on any atom is 0.229 e. The monoisotopic (exact) mass is 292 g/mol. The van der Waals surface area contributed by atoms with Crippen LogP contribution in [0.5, 0.6) is 5.75 Å². The molecular weight excluding hydrogens is 279 g/mol. The second kappa shape index (κ2) is 6.53. The summed E-state index contributed by atoms with van der Waals surface area (Å²) in [5, 5.41) is -0.459. The molecule has 0 bridgehead atoms. The quantitative estimate of drug-likeness (QED) is 0.781. The van der Waals surface area contributed by atoms with Gasteiger partial charge in [-0.05, 0) is 41.8 Å². The number of benzene rings is 2. The first-order valence-electron chi connectivity index (χ1n) is 6.18. The molecule has 0 unspecified atom stereocenters. The largest absolute Gasteiger partial charge is 0.496 e. The molecule has 2 aromatic carbocycles. The lowest BCUT2D eigenvalue weighted by Crippen LogP contribution is -2.11. The van der Waals surface area contributed by atoms with E-state index in [0.29, 0.717) is 12.2 Å². The van der Waals surface area contributed by atoms with Crippen molar-refractivity contribution in [2.24, 2.45) is 0 Å². The predicted molar refractivity (Wildman–Crippen MR) is 76.7 cm³/mol. The molecule has 1 atom stereocenters. The fourth-order valence-corrected chi connectivity index (χ4v) is 2.32. The summed E-state index contributed by atoms with van der Waals surface area (Å²) >= 11 is 5.72. The molecule has 20 heavy (non-hydrogen) atoms. The van der Waals surface area contributed by atoms with E-state index in [1.54, 1.807) is 25.3 Å². The number of methoxy groups -OCH3 is 1. The van der Waals surface area contributed by atoms with Crippen molar-refractivity contribution >= 4 is 16.8 Å². The second-order valence-corrected chi connectivity index (χ2v) is 4.80. The SMILES string of the molecule is COc1ccccc1[C@@H](Cc1ccc(F)cc1)C(=O)Cl. The maximum atomic E-state index is 12.9. The Labute approximate surface area is 122 Å². The first kappa shape index (κ1) is 14.5. The molecule has 4 heteroatoms. The summed E-state index contributed by atoms with van der Waals surface area (Å²) in [6.45, 7) is 0. The molecule has 2 nitrogen and oxygen atoms in total. The lowest BCUT2D eigenvalue weighted by molar-refractivity contribution is -0.113. The lowest BCUT2D eigenvalue weighted by Gasteiger charge is -2.16. The van der Waals surface area contributed by atoms with Gasteiger partial charge in [-0.1, -0.05) is 30.3 Å². The number of rotatable bonds is 5. The fraction of sp³-hybridized carbons (Fsp3) is 0.188. The Hall–Kier alpha value is -1.87. The average molecular weight is 293 g/mol. The normalized spacial score (nSPS) is 11.9. The minimum Gasteiger partial charge on any atom is -0.496 e. The molecule has 0 aliphatic rings. The lowest BCUT2D eigenvalue weighted by atomic mass is 9.92. The van der Waals surface area contributed by atoms with Gasteiger partial charge < -0.3 is 4.74 Å². The van der Waals surface area contributed by atoms with Crippen LogP contribution in [0.1, 0.15) is 17.0 Å². The highest BCUT2D eigenvalue weighted by Gasteiger charge is 2.22. The maximum absolute atomic E-state index is 12.9. The third-order valence-electron chi connectivity index (χ3n) is 3.14. The van der Waals surface area contributed by atoms with Crippen molar-refractivity contribution in [2.45, 2.75) is 12.3 Å². The van der Waals surface area contributed by atoms with E-state index < -0.39 is 11.2 Å². The first-order valence-corrected chi connectivity index (χ1v) is 6.56. The van der Waals surface area contributed by atoms with E-state index in [0.717, 1.165) is 11.1 Å². The van der Waals surface area contributed by atoms with Gasteiger partial charge in [-0.25, -0.2) is 4.39 Å². The summed E-state index contributed by atoms with van der Waals surface area (Å²) < 4.78 is 18.2. The zero-order chi connectivity index (χ0) is 14.5. The van der Waals surface area contributed by atoms with Crippen LogP contribution in [0.15, 0.2) is 48.5 Å². The van der Waals surface area contributed by atoms with E-state index in [2.05, 4.69) is 0 Å². The molecule has 2 rings (SSSR count). The molecule has 0 N–H and O–H groups in total. The third-order valence-corrected chi connectivity index (χ3v) is 3.40. The van der Waals surface area contributed by atoms with Crippen molar-refractivity contribution in [2.75, 3.05) is 7.11 Å². The molecular formula is C16H14ClFO2. The number of para-hydroxylation sites is 1. The topological polar surface area (TPSA) is 26.3 Å². The van der Waals surface area contributed by atoms with Gasteiger partial charge in [0.2, 0.25) is 5.24 Å². The van der Waals surface area contributed by atoms with E-state index in [9.17, 15) is 9.18 Å². The Bertz CT molecular complexity index is 596. The highest BCUT2D eigenvalue weighted by molar-refractivity contribution is 6.64. The molecule has 0 saturated heterocycles. The molecule has 104 valence electrons. The van der Waals surface area contributed by atoms with Gasteiger partial charge in [0.15, 0.2) is 0 Å². The van der Waals surface area contributed by atoms with Gasteiger partial charge in [0, 0.05) is 5.56 Å². The van der Waals surface area contributed by atoms with Gasteiger partial charge in [-0.2, -0.15) is 0 Å². The van der Waals surface area contributed by atoms with Gasteiger partial charge in [-0.15, -0.1) is 0 Å². The Morgan fingerprint density at radius 3 is 2.45 bits per heavy atom. The van der Waals surface area contributed by atoms with Crippen molar-refractivity contribution in [1.29, 1.82) is 0 Å². The van der Waals surface area contributed by atoms with Crippen molar-refractivity contribution < 1.29 is 13.9 Å². The van der Waals surface area contributed by atoms with E-state index in [1.807, 2.05) is 18.2 Å². The molecule has 0 radical (unpaired) electrons. The summed E-state index contributed by atoms with van der Waals surface area (Å²) in [6.07, 6.45) is 0.406. The highest BCUT2D eigenvalue weighted by Crippen LogP contribution is 2.31. The minimum absolute atomic E-state index is 0.306. The summed E-state index contributed by atoms with van der Waals surface area (Å²) in [6, 6.07) is 13.3. The molecule has 0 aliphatic heterocycles.